The monoisotopic (exact) mass is 414 g/mol. The highest BCUT2D eigenvalue weighted by Crippen LogP contribution is 2.31. The maximum atomic E-state index is 12.2. The van der Waals surface area contributed by atoms with Crippen molar-refractivity contribution >= 4 is 28.5 Å². The molecule has 0 aliphatic heterocycles. The zero-order valence-corrected chi connectivity index (χ0v) is 16.2. The normalized spacial score (nSPS) is 10.9. The fraction of sp³-hybridized carbons (Fsp3) is 0.150. The van der Waals surface area contributed by atoms with Gasteiger partial charge in [0.05, 0.1) is 19.8 Å². The predicted molar refractivity (Wildman–Crippen MR) is 103 cm³/mol. The zero-order chi connectivity index (χ0) is 20.4. The SMILES string of the molecule is COc1ccc(-c2noc(COC(=O)c3cc4cc(Cl)ccc4o3)n2)c(OC)c1. The third kappa shape index (κ3) is 3.88. The number of methoxy groups -OCH3 is 2. The lowest BCUT2D eigenvalue weighted by Gasteiger charge is -2.07. The number of rotatable bonds is 6. The van der Waals surface area contributed by atoms with E-state index in [4.69, 9.17) is 34.8 Å². The van der Waals surface area contributed by atoms with Gasteiger partial charge in [0.25, 0.3) is 5.89 Å². The molecule has 0 amide bonds. The first-order valence-electron chi connectivity index (χ1n) is 8.48. The second-order valence-corrected chi connectivity index (χ2v) is 6.38. The summed E-state index contributed by atoms with van der Waals surface area (Å²) in [5, 5.41) is 5.16. The Morgan fingerprint density at radius 2 is 1.97 bits per heavy atom. The second-order valence-electron chi connectivity index (χ2n) is 5.95. The van der Waals surface area contributed by atoms with Crippen LogP contribution in [-0.2, 0) is 11.3 Å². The van der Waals surface area contributed by atoms with Crippen molar-refractivity contribution in [1.82, 2.24) is 10.1 Å². The molecule has 2 heterocycles. The number of benzene rings is 2. The van der Waals surface area contributed by atoms with Crippen LogP contribution in [0.3, 0.4) is 0 Å². The molecule has 29 heavy (non-hydrogen) atoms. The van der Waals surface area contributed by atoms with E-state index in [0.717, 1.165) is 0 Å². The molecule has 8 nitrogen and oxygen atoms in total. The Labute approximate surface area is 169 Å². The summed E-state index contributed by atoms with van der Waals surface area (Å²) in [5.41, 5.74) is 1.15. The van der Waals surface area contributed by atoms with E-state index in [1.807, 2.05) is 0 Å². The number of esters is 1. The molecule has 0 atom stereocenters. The first-order chi connectivity index (χ1) is 14.1. The number of nitrogens with zero attached hydrogens (tertiary/aromatic N) is 2. The van der Waals surface area contributed by atoms with E-state index in [-0.39, 0.29) is 18.3 Å². The standard InChI is InChI=1S/C20H15ClN2O6/c1-25-13-4-5-14(16(9-13)26-2)19-22-18(29-23-19)10-27-20(24)17-8-11-7-12(21)3-6-15(11)28-17/h3-9H,10H2,1-2H3. The van der Waals surface area contributed by atoms with Crippen LogP contribution in [0.25, 0.3) is 22.4 Å². The van der Waals surface area contributed by atoms with Crippen molar-refractivity contribution in [3.05, 3.63) is 59.1 Å². The Hall–Kier alpha value is -3.52. The van der Waals surface area contributed by atoms with Gasteiger partial charge in [0.1, 0.15) is 17.1 Å². The lowest BCUT2D eigenvalue weighted by Crippen LogP contribution is -2.04. The van der Waals surface area contributed by atoms with Gasteiger partial charge in [-0.25, -0.2) is 4.79 Å². The van der Waals surface area contributed by atoms with Crippen LogP contribution in [0.5, 0.6) is 11.5 Å². The molecule has 0 aliphatic carbocycles. The molecule has 0 saturated heterocycles. The highest BCUT2D eigenvalue weighted by atomic mass is 35.5. The highest BCUT2D eigenvalue weighted by molar-refractivity contribution is 6.31. The van der Waals surface area contributed by atoms with Crippen LogP contribution in [0.2, 0.25) is 5.02 Å². The van der Waals surface area contributed by atoms with Gasteiger partial charge < -0.3 is 23.2 Å². The molecular formula is C20H15ClN2O6. The highest BCUT2D eigenvalue weighted by Gasteiger charge is 2.18. The molecule has 4 aromatic rings. The molecule has 148 valence electrons. The molecule has 2 aromatic carbocycles. The maximum absolute atomic E-state index is 12.2. The Morgan fingerprint density at radius 3 is 2.76 bits per heavy atom. The third-order valence-corrected chi connectivity index (χ3v) is 4.36. The van der Waals surface area contributed by atoms with Crippen molar-refractivity contribution in [1.29, 1.82) is 0 Å². The van der Waals surface area contributed by atoms with E-state index in [1.165, 1.54) is 7.11 Å². The van der Waals surface area contributed by atoms with Crippen LogP contribution in [0.4, 0.5) is 0 Å². The molecule has 0 radical (unpaired) electrons. The Morgan fingerprint density at radius 1 is 1.10 bits per heavy atom. The van der Waals surface area contributed by atoms with Crippen molar-refractivity contribution in [3.63, 3.8) is 0 Å². The first-order valence-corrected chi connectivity index (χ1v) is 8.86. The van der Waals surface area contributed by atoms with E-state index < -0.39 is 5.97 Å². The van der Waals surface area contributed by atoms with Gasteiger partial charge in [0, 0.05) is 16.5 Å². The number of fused-ring (bicyclic) bond motifs is 1. The maximum Gasteiger partial charge on any atom is 0.374 e. The zero-order valence-electron chi connectivity index (χ0n) is 15.5. The molecular weight excluding hydrogens is 400 g/mol. The Bertz CT molecular complexity index is 1180. The fourth-order valence-electron chi connectivity index (χ4n) is 2.72. The molecule has 0 spiro atoms. The van der Waals surface area contributed by atoms with Gasteiger partial charge in [0.15, 0.2) is 6.61 Å². The summed E-state index contributed by atoms with van der Waals surface area (Å²) < 4.78 is 26.3. The van der Waals surface area contributed by atoms with Crippen LogP contribution < -0.4 is 9.47 Å². The van der Waals surface area contributed by atoms with Gasteiger partial charge in [-0.15, -0.1) is 0 Å². The molecule has 0 bridgehead atoms. The number of halogens is 1. The minimum Gasteiger partial charge on any atom is -0.497 e. The topological polar surface area (TPSA) is 96.8 Å². The van der Waals surface area contributed by atoms with Crippen LogP contribution in [-0.4, -0.2) is 30.3 Å². The molecule has 0 unspecified atom stereocenters. The van der Waals surface area contributed by atoms with Gasteiger partial charge in [-0.05, 0) is 36.4 Å². The van der Waals surface area contributed by atoms with Gasteiger partial charge >= 0.3 is 5.97 Å². The number of ether oxygens (including phenoxy) is 3. The Balaban J connectivity index is 1.47. The average molecular weight is 415 g/mol. The lowest BCUT2D eigenvalue weighted by atomic mass is 10.2. The second kappa shape index (κ2) is 7.84. The lowest BCUT2D eigenvalue weighted by molar-refractivity contribution is 0.0396. The molecule has 0 saturated carbocycles. The quantitative estimate of drug-likeness (QED) is 0.425. The minimum absolute atomic E-state index is 0.0545. The van der Waals surface area contributed by atoms with E-state index in [1.54, 1.807) is 49.6 Å². The van der Waals surface area contributed by atoms with Gasteiger partial charge in [-0.2, -0.15) is 4.98 Å². The molecule has 0 fully saturated rings. The van der Waals surface area contributed by atoms with Crippen LogP contribution in [0, 0.1) is 0 Å². The molecule has 9 heteroatoms. The molecule has 2 aromatic heterocycles. The minimum atomic E-state index is -0.654. The van der Waals surface area contributed by atoms with Crippen molar-refractivity contribution in [3.8, 4) is 22.9 Å². The molecule has 0 aliphatic rings. The number of furan rings is 1. The van der Waals surface area contributed by atoms with E-state index >= 15 is 0 Å². The van der Waals surface area contributed by atoms with Crippen LogP contribution in [0.15, 0.2) is 51.4 Å². The van der Waals surface area contributed by atoms with Crippen molar-refractivity contribution in [2.24, 2.45) is 0 Å². The van der Waals surface area contributed by atoms with Gasteiger partial charge in [-0.1, -0.05) is 16.8 Å². The summed E-state index contributed by atoms with van der Waals surface area (Å²) in [4.78, 5) is 16.5. The Kier molecular flexibility index (Phi) is 5.09. The summed E-state index contributed by atoms with van der Waals surface area (Å²) in [6, 6.07) is 11.8. The first kappa shape index (κ1) is 18.8. The van der Waals surface area contributed by atoms with E-state index in [0.29, 0.717) is 38.9 Å². The smallest absolute Gasteiger partial charge is 0.374 e. The number of hydrogen-bond acceptors (Lipinski definition) is 8. The van der Waals surface area contributed by atoms with Crippen LogP contribution in [0.1, 0.15) is 16.4 Å². The number of carbonyl (C=O) groups is 1. The fourth-order valence-corrected chi connectivity index (χ4v) is 2.90. The number of aromatic nitrogens is 2. The number of carbonyl (C=O) groups excluding carboxylic acids is 1. The molecule has 4 rings (SSSR count). The average Bonchev–Trinajstić information content (AvgIpc) is 3.38. The molecule has 0 N–H and O–H groups in total. The summed E-state index contributed by atoms with van der Waals surface area (Å²) in [5.74, 6) is 0.988. The summed E-state index contributed by atoms with van der Waals surface area (Å²) in [6.07, 6.45) is 0. The van der Waals surface area contributed by atoms with Crippen molar-refractivity contribution in [2.75, 3.05) is 14.2 Å². The van der Waals surface area contributed by atoms with Gasteiger partial charge in [0.2, 0.25) is 11.6 Å². The van der Waals surface area contributed by atoms with Crippen LogP contribution >= 0.6 is 11.6 Å². The summed E-state index contributed by atoms with van der Waals surface area (Å²) >= 11 is 5.94. The predicted octanol–water partition coefficient (Wildman–Crippen LogP) is 4.51. The summed E-state index contributed by atoms with van der Waals surface area (Å²) in [7, 11) is 3.09. The van der Waals surface area contributed by atoms with E-state index in [9.17, 15) is 4.79 Å². The summed E-state index contributed by atoms with van der Waals surface area (Å²) in [6.45, 7) is -0.206. The van der Waals surface area contributed by atoms with Crippen molar-refractivity contribution < 1.29 is 27.9 Å². The largest absolute Gasteiger partial charge is 0.497 e. The third-order valence-electron chi connectivity index (χ3n) is 4.12. The van der Waals surface area contributed by atoms with Gasteiger partial charge in [-0.3, -0.25) is 0 Å². The van der Waals surface area contributed by atoms with Crippen molar-refractivity contribution in [2.45, 2.75) is 6.61 Å². The van der Waals surface area contributed by atoms with E-state index in [2.05, 4.69) is 10.1 Å². The number of hydrogen-bond donors (Lipinski definition) is 0.